The lowest BCUT2D eigenvalue weighted by molar-refractivity contribution is -0.132. The zero-order chi connectivity index (χ0) is 17.2. The molecule has 25 heavy (non-hydrogen) atoms. The van der Waals surface area contributed by atoms with Crippen LogP contribution in [-0.4, -0.2) is 32.1 Å². The molecule has 2 aromatic heterocycles. The molecule has 1 aliphatic heterocycles. The molecule has 0 aliphatic carbocycles. The summed E-state index contributed by atoms with van der Waals surface area (Å²) in [6, 6.07) is 11.3. The van der Waals surface area contributed by atoms with Crippen molar-refractivity contribution in [3.05, 3.63) is 70.8 Å². The Labute approximate surface area is 144 Å². The first-order chi connectivity index (χ1) is 12.2. The summed E-state index contributed by atoms with van der Waals surface area (Å²) >= 11 is 0. The molecule has 1 atom stereocenters. The standard InChI is InChI=1S/C19H18N4O2/c24-18-12-21-23(17-5-2-1-4-15(17)18)13-19(25)22-11-3-6-16(22)14-7-9-20-10-8-14/h1-2,4-5,7-10,12,16H,3,6,11,13H2/t16-/m0/s1. The van der Waals surface area contributed by atoms with Gasteiger partial charge < -0.3 is 4.90 Å². The van der Waals surface area contributed by atoms with Crippen LogP contribution in [0.4, 0.5) is 0 Å². The molecule has 0 unspecified atom stereocenters. The van der Waals surface area contributed by atoms with Gasteiger partial charge in [0.15, 0.2) is 0 Å². The first kappa shape index (κ1) is 15.5. The predicted molar refractivity (Wildman–Crippen MR) is 93.9 cm³/mol. The highest BCUT2D eigenvalue weighted by atomic mass is 16.2. The van der Waals surface area contributed by atoms with Gasteiger partial charge in [0.1, 0.15) is 6.54 Å². The van der Waals surface area contributed by atoms with Crippen LogP contribution in [0.1, 0.15) is 24.4 Å². The molecule has 0 bridgehead atoms. The van der Waals surface area contributed by atoms with Crippen LogP contribution in [0.3, 0.4) is 0 Å². The molecule has 0 spiro atoms. The van der Waals surface area contributed by atoms with Crippen LogP contribution >= 0.6 is 0 Å². The number of fused-ring (bicyclic) bond motifs is 1. The third-order valence-corrected chi connectivity index (χ3v) is 4.71. The summed E-state index contributed by atoms with van der Waals surface area (Å²) in [6.45, 7) is 0.867. The number of pyridine rings is 1. The summed E-state index contributed by atoms with van der Waals surface area (Å²) in [5.41, 5.74) is 1.66. The van der Waals surface area contributed by atoms with Gasteiger partial charge in [0.25, 0.3) is 0 Å². The third-order valence-electron chi connectivity index (χ3n) is 4.71. The van der Waals surface area contributed by atoms with E-state index in [1.807, 2.05) is 35.2 Å². The fourth-order valence-electron chi connectivity index (χ4n) is 3.50. The zero-order valence-electron chi connectivity index (χ0n) is 13.7. The van der Waals surface area contributed by atoms with Crippen molar-refractivity contribution in [1.29, 1.82) is 0 Å². The molecule has 1 aliphatic rings. The average molecular weight is 334 g/mol. The first-order valence-corrected chi connectivity index (χ1v) is 8.38. The number of hydrogen-bond acceptors (Lipinski definition) is 4. The van der Waals surface area contributed by atoms with E-state index in [1.54, 1.807) is 23.1 Å². The molecular weight excluding hydrogens is 316 g/mol. The minimum Gasteiger partial charge on any atom is -0.334 e. The lowest BCUT2D eigenvalue weighted by atomic mass is 10.1. The average Bonchev–Trinajstić information content (AvgIpc) is 3.15. The quantitative estimate of drug-likeness (QED) is 0.736. The normalized spacial score (nSPS) is 17.1. The van der Waals surface area contributed by atoms with Gasteiger partial charge in [0.2, 0.25) is 11.3 Å². The number of para-hydroxylation sites is 1. The summed E-state index contributed by atoms with van der Waals surface area (Å²) in [6.07, 6.45) is 6.73. The Morgan fingerprint density at radius 2 is 1.96 bits per heavy atom. The number of amides is 1. The monoisotopic (exact) mass is 334 g/mol. The predicted octanol–water partition coefficient (Wildman–Crippen LogP) is 2.16. The fourth-order valence-corrected chi connectivity index (χ4v) is 3.50. The number of hydrogen-bond donors (Lipinski definition) is 0. The molecule has 6 heteroatoms. The van der Waals surface area contributed by atoms with E-state index in [1.165, 1.54) is 6.20 Å². The van der Waals surface area contributed by atoms with Gasteiger partial charge >= 0.3 is 0 Å². The van der Waals surface area contributed by atoms with Gasteiger partial charge in [0, 0.05) is 24.3 Å². The second kappa shape index (κ2) is 6.47. The number of rotatable bonds is 3. The van der Waals surface area contributed by atoms with Crippen molar-refractivity contribution in [2.45, 2.75) is 25.4 Å². The van der Waals surface area contributed by atoms with Crippen LogP contribution in [0, 0.1) is 0 Å². The van der Waals surface area contributed by atoms with Gasteiger partial charge in [0.05, 0.1) is 17.8 Å². The maximum atomic E-state index is 12.9. The SMILES string of the molecule is O=C(Cn1ncc(=O)c2ccccc21)N1CCC[C@H]1c1ccncc1. The molecule has 6 nitrogen and oxygen atoms in total. The zero-order valence-corrected chi connectivity index (χ0v) is 13.7. The number of likely N-dealkylation sites (tertiary alicyclic amines) is 1. The van der Waals surface area contributed by atoms with E-state index in [4.69, 9.17) is 0 Å². The van der Waals surface area contributed by atoms with Crippen molar-refractivity contribution in [1.82, 2.24) is 19.7 Å². The summed E-state index contributed by atoms with van der Waals surface area (Å²) in [5.74, 6) is 0.0145. The molecule has 3 aromatic rings. The second-order valence-corrected chi connectivity index (χ2v) is 6.21. The maximum Gasteiger partial charge on any atom is 0.244 e. The smallest absolute Gasteiger partial charge is 0.244 e. The van der Waals surface area contributed by atoms with Crippen LogP contribution in [-0.2, 0) is 11.3 Å². The van der Waals surface area contributed by atoms with Crippen LogP contribution in [0.25, 0.3) is 10.9 Å². The Balaban J connectivity index is 1.62. The topological polar surface area (TPSA) is 68.1 Å². The second-order valence-electron chi connectivity index (χ2n) is 6.21. The van der Waals surface area contributed by atoms with Gasteiger partial charge in [-0.15, -0.1) is 0 Å². The lowest BCUT2D eigenvalue weighted by Crippen LogP contribution is -2.34. The first-order valence-electron chi connectivity index (χ1n) is 8.38. The molecule has 1 amide bonds. The van der Waals surface area contributed by atoms with Gasteiger partial charge in [-0.2, -0.15) is 5.10 Å². The molecule has 4 rings (SSSR count). The number of aromatic nitrogens is 3. The Morgan fingerprint density at radius 1 is 1.16 bits per heavy atom. The number of carbonyl (C=O) groups is 1. The maximum absolute atomic E-state index is 12.9. The third kappa shape index (κ3) is 2.91. The largest absolute Gasteiger partial charge is 0.334 e. The van der Waals surface area contributed by atoms with E-state index in [0.29, 0.717) is 10.9 Å². The van der Waals surface area contributed by atoms with Crippen LogP contribution in [0.5, 0.6) is 0 Å². The highest BCUT2D eigenvalue weighted by molar-refractivity contribution is 5.82. The number of benzene rings is 1. The summed E-state index contributed by atoms with van der Waals surface area (Å²) in [7, 11) is 0. The van der Waals surface area contributed by atoms with Gasteiger partial charge in [-0.05, 0) is 42.7 Å². The summed E-state index contributed by atoms with van der Waals surface area (Å²) in [4.78, 5) is 30.8. The van der Waals surface area contributed by atoms with E-state index < -0.39 is 0 Å². The van der Waals surface area contributed by atoms with Gasteiger partial charge in [-0.3, -0.25) is 19.3 Å². The Morgan fingerprint density at radius 3 is 2.80 bits per heavy atom. The summed E-state index contributed by atoms with van der Waals surface area (Å²) in [5, 5.41) is 4.74. The van der Waals surface area contributed by atoms with Gasteiger partial charge in [-0.1, -0.05) is 12.1 Å². The molecule has 0 N–H and O–H groups in total. The van der Waals surface area contributed by atoms with E-state index in [0.717, 1.165) is 24.9 Å². The molecule has 0 radical (unpaired) electrons. The van der Waals surface area contributed by atoms with Crippen molar-refractivity contribution < 1.29 is 4.79 Å². The molecule has 1 aromatic carbocycles. The van der Waals surface area contributed by atoms with E-state index in [9.17, 15) is 9.59 Å². The Hall–Kier alpha value is -3.02. The Kier molecular flexibility index (Phi) is 4.01. The molecule has 126 valence electrons. The number of nitrogens with zero attached hydrogens (tertiary/aromatic N) is 4. The highest BCUT2D eigenvalue weighted by Crippen LogP contribution is 2.31. The van der Waals surface area contributed by atoms with Crippen molar-refractivity contribution in [2.75, 3.05) is 6.54 Å². The van der Waals surface area contributed by atoms with Crippen molar-refractivity contribution in [3.63, 3.8) is 0 Å². The van der Waals surface area contributed by atoms with Crippen LogP contribution in [0.15, 0.2) is 59.8 Å². The van der Waals surface area contributed by atoms with Gasteiger partial charge in [-0.25, -0.2) is 0 Å². The highest BCUT2D eigenvalue weighted by Gasteiger charge is 2.30. The molecule has 1 fully saturated rings. The number of carbonyl (C=O) groups excluding carboxylic acids is 1. The van der Waals surface area contributed by atoms with Crippen molar-refractivity contribution >= 4 is 16.8 Å². The van der Waals surface area contributed by atoms with E-state index in [-0.39, 0.29) is 23.9 Å². The molecule has 3 heterocycles. The van der Waals surface area contributed by atoms with E-state index in [2.05, 4.69) is 10.1 Å². The van der Waals surface area contributed by atoms with E-state index >= 15 is 0 Å². The van der Waals surface area contributed by atoms with Crippen LogP contribution < -0.4 is 5.43 Å². The summed E-state index contributed by atoms with van der Waals surface area (Å²) < 4.78 is 1.61. The minimum absolute atomic E-state index is 0.0145. The molecular formula is C19H18N4O2. The van der Waals surface area contributed by atoms with Crippen molar-refractivity contribution in [3.8, 4) is 0 Å². The molecule has 0 saturated carbocycles. The fraction of sp³-hybridized carbons (Fsp3) is 0.263. The van der Waals surface area contributed by atoms with Crippen LogP contribution in [0.2, 0.25) is 0 Å². The Bertz CT molecular complexity index is 968. The minimum atomic E-state index is -0.130. The lowest BCUT2D eigenvalue weighted by Gasteiger charge is -2.25. The van der Waals surface area contributed by atoms with Crippen molar-refractivity contribution in [2.24, 2.45) is 0 Å². The molecule has 1 saturated heterocycles.